The Labute approximate surface area is 180 Å². The molecule has 6 heteroatoms. The molecule has 4 rings (SSSR count). The van der Waals surface area contributed by atoms with Crippen LogP contribution in [0.15, 0.2) is 18.2 Å². The van der Waals surface area contributed by atoms with Crippen LogP contribution in [0.5, 0.6) is 11.5 Å². The Morgan fingerprint density at radius 3 is 2.47 bits per heavy atom. The summed E-state index contributed by atoms with van der Waals surface area (Å²) in [6.45, 7) is 8.26. The molecule has 0 aromatic heterocycles. The molecule has 0 aliphatic carbocycles. The van der Waals surface area contributed by atoms with Gasteiger partial charge in [0.25, 0.3) is 5.91 Å². The van der Waals surface area contributed by atoms with E-state index in [2.05, 4.69) is 11.8 Å². The van der Waals surface area contributed by atoms with Crippen molar-refractivity contribution in [3.63, 3.8) is 0 Å². The van der Waals surface area contributed by atoms with Crippen LogP contribution >= 0.6 is 0 Å². The Bertz CT molecular complexity index is 722. The van der Waals surface area contributed by atoms with Crippen molar-refractivity contribution in [2.75, 3.05) is 53.6 Å². The van der Waals surface area contributed by atoms with E-state index in [-0.39, 0.29) is 11.3 Å². The maximum Gasteiger partial charge on any atom is 0.254 e. The van der Waals surface area contributed by atoms with Gasteiger partial charge >= 0.3 is 0 Å². The van der Waals surface area contributed by atoms with Crippen molar-refractivity contribution in [2.24, 2.45) is 11.3 Å². The van der Waals surface area contributed by atoms with Crippen LogP contribution in [0.25, 0.3) is 0 Å². The SMILES string of the molecule is COc1cc(OC)cc(C(=O)N2CCC3(CC2)CO[C@H](CN2CCC[C@H](C)C2)C3)c1. The first kappa shape index (κ1) is 21.4. The Morgan fingerprint density at radius 2 is 1.83 bits per heavy atom. The topological polar surface area (TPSA) is 51.2 Å². The quantitative estimate of drug-likeness (QED) is 0.736. The summed E-state index contributed by atoms with van der Waals surface area (Å²) in [6, 6.07) is 5.38. The molecular weight excluding hydrogens is 380 g/mol. The van der Waals surface area contributed by atoms with E-state index in [1.54, 1.807) is 32.4 Å². The molecule has 3 aliphatic heterocycles. The number of carbonyl (C=O) groups is 1. The van der Waals surface area contributed by atoms with Gasteiger partial charge in [-0.2, -0.15) is 0 Å². The van der Waals surface area contributed by atoms with E-state index in [4.69, 9.17) is 14.2 Å². The smallest absolute Gasteiger partial charge is 0.254 e. The number of carbonyl (C=O) groups excluding carboxylic acids is 1. The molecule has 3 aliphatic rings. The standard InChI is InChI=1S/C24H36N2O4/c1-18-5-4-8-25(15-18)16-22-14-24(17-30-22)6-9-26(10-7-24)23(27)19-11-20(28-2)13-21(12-19)29-3/h11-13,18,22H,4-10,14-17H2,1-3H3/t18-,22-/m0/s1. The van der Waals surface area contributed by atoms with Crippen LogP contribution in [0.2, 0.25) is 0 Å². The molecule has 1 amide bonds. The van der Waals surface area contributed by atoms with Crippen molar-refractivity contribution < 1.29 is 19.0 Å². The van der Waals surface area contributed by atoms with Crippen molar-refractivity contribution in [3.05, 3.63) is 23.8 Å². The third kappa shape index (κ3) is 4.75. The van der Waals surface area contributed by atoms with Crippen molar-refractivity contribution in [1.82, 2.24) is 9.80 Å². The number of ether oxygens (including phenoxy) is 3. The molecule has 0 bridgehead atoms. The number of piperidine rings is 2. The van der Waals surface area contributed by atoms with Gasteiger partial charge in [0, 0.05) is 37.8 Å². The van der Waals surface area contributed by atoms with E-state index in [0.717, 1.165) is 51.4 Å². The number of likely N-dealkylation sites (tertiary alicyclic amines) is 2. The molecule has 3 fully saturated rings. The summed E-state index contributed by atoms with van der Waals surface area (Å²) in [6.07, 6.45) is 6.19. The first-order chi connectivity index (χ1) is 14.5. The van der Waals surface area contributed by atoms with E-state index >= 15 is 0 Å². The average Bonchev–Trinajstić information content (AvgIpc) is 3.15. The third-order valence-corrected chi connectivity index (χ3v) is 7.20. The Hall–Kier alpha value is -1.79. The van der Waals surface area contributed by atoms with Crippen LogP contribution in [-0.2, 0) is 4.74 Å². The zero-order valence-corrected chi connectivity index (χ0v) is 18.7. The van der Waals surface area contributed by atoms with E-state index in [9.17, 15) is 4.79 Å². The molecule has 1 aromatic rings. The highest BCUT2D eigenvalue weighted by atomic mass is 16.5. The van der Waals surface area contributed by atoms with Crippen molar-refractivity contribution in [2.45, 2.75) is 45.1 Å². The molecule has 1 aromatic carbocycles. The minimum atomic E-state index is 0.0554. The summed E-state index contributed by atoms with van der Waals surface area (Å²) in [4.78, 5) is 17.6. The van der Waals surface area contributed by atoms with E-state index in [0.29, 0.717) is 23.2 Å². The molecule has 0 N–H and O–H groups in total. The van der Waals surface area contributed by atoms with Crippen LogP contribution in [0.3, 0.4) is 0 Å². The molecule has 2 atom stereocenters. The lowest BCUT2D eigenvalue weighted by atomic mass is 9.76. The monoisotopic (exact) mass is 416 g/mol. The van der Waals surface area contributed by atoms with E-state index < -0.39 is 0 Å². The van der Waals surface area contributed by atoms with Crippen LogP contribution in [-0.4, -0.2) is 75.4 Å². The predicted molar refractivity (Wildman–Crippen MR) is 116 cm³/mol. The van der Waals surface area contributed by atoms with Gasteiger partial charge < -0.3 is 24.0 Å². The number of methoxy groups -OCH3 is 2. The minimum absolute atomic E-state index is 0.0554. The molecule has 0 unspecified atom stereocenters. The molecule has 0 radical (unpaired) electrons. The molecular formula is C24H36N2O4. The molecule has 3 heterocycles. The fraction of sp³-hybridized carbons (Fsp3) is 0.708. The number of rotatable bonds is 5. The van der Waals surface area contributed by atoms with Gasteiger partial charge in [-0.25, -0.2) is 0 Å². The second-order valence-corrected chi connectivity index (χ2v) is 9.54. The first-order valence-electron chi connectivity index (χ1n) is 11.4. The zero-order valence-electron chi connectivity index (χ0n) is 18.7. The van der Waals surface area contributed by atoms with E-state index in [1.807, 2.05) is 4.90 Å². The number of hydrogen-bond acceptors (Lipinski definition) is 5. The van der Waals surface area contributed by atoms with Gasteiger partial charge in [0.15, 0.2) is 0 Å². The van der Waals surface area contributed by atoms with Crippen molar-refractivity contribution in [1.29, 1.82) is 0 Å². The van der Waals surface area contributed by atoms with Gasteiger partial charge in [-0.3, -0.25) is 4.79 Å². The third-order valence-electron chi connectivity index (χ3n) is 7.20. The molecule has 166 valence electrons. The van der Waals surface area contributed by atoms with Crippen molar-refractivity contribution >= 4 is 5.91 Å². The Morgan fingerprint density at radius 1 is 1.13 bits per heavy atom. The largest absolute Gasteiger partial charge is 0.497 e. The molecule has 30 heavy (non-hydrogen) atoms. The normalized spacial score (nSPS) is 26.7. The summed E-state index contributed by atoms with van der Waals surface area (Å²) in [5, 5.41) is 0. The van der Waals surface area contributed by atoms with Crippen molar-refractivity contribution in [3.8, 4) is 11.5 Å². The summed E-state index contributed by atoms with van der Waals surface area (Å²) >= 11 is 0. The number of benzene rings is 1. The molecule has 0 saturated carbocycles. The van der Waals surface area contributed by atoms with Gasteiger partial charge in [-0.15, -0.1) is 0 Å². The maximum atomic E-state index is 13.1. The van der Waals surface area contributed by atoms with Crippen LogP contribution in [0, 0.1) is 11.3 Å². The number of hydrogen-bond donors (Lipinski definition) is 0. The van der Waals surface area contributed by atoms with Gasteiger partial charge in [0.05, 0.1) is 26.9 Å². The lowest BCUT2D eigenvalue weighted by Crippen LogP contribution is -2.44. The number of amides is 1. The minimum Gasteiger partial charge on any atom is -0.497 e. The Kier molecular flexibility index (Phi) is 6.54. The fourth-order valence-corrected chi connectivity index (χ4v) is 5.40. The average molecular weight is 417 g/mol. The predicted octanol–water partition coefficient (Wildman–Crippen LogP) is 3.45. The van der Waals surface area contributed by atoms with E-state index in [1.165, 1.54) is 25.9 Å². The van der Waals surface area contributed by atoms with Crippen LogP contribution in [0.1, 0.15) is 49.4 Å². The maximum absolute atomic E-state index is 13.1. The van der Waals surface area contributed by atoms with Gasteiger partial charge in [-0.05, 0) is 62.1 Å². The summed E-state index contributed by atoms with van der Waals surface area (Å²) in [5.41, 5.74) is 0.872. The Balaban J connectivity index is 1.32. The zero-order chi connectivity index (χ0) is 21.1. The fourth-order valence-electron chi connectivity index (χ4n) is 5.40. The summed E-state index contributed by atoms with van der Waals surface area (Å²) in [5.74, 6) is 2.15. The lowest BCUT2D eigenvalue weighted by Gasteiger charge is -2.38. The highest BCUT2D eigenvalue weighted by Gasteiger charge is 2.43. The number of nitrogens with zero attached hydrogens (tertiary/aromatic N) is 2. The van der Waals surface area contributed by atoms with Crippen LogP contribution < -0.4 is 9.47 Å². The summed E-state index contributed by atoms with van der Waals surface area (Å²) < 4.78 is 16.9. The first-order valence-corrected chi connectivity index (χ1v) is 11.4. The van der Waals surface area contributed by atoms with Gasteiger partial charge in [0.1, 0.15) is 11.5 Å². The highest BCUT2D eigenvalue weighted by molar-refractivity contribution is 5.95. The molecule has 6 nitrogen and oxygen atoms in total. The summed E-state index contributed by atoms with van der Waals surface area (Å²) in [7, 11) is 3.21. The van der Waals surface area contributed by atoms with Gasteiger partial charge in [-0.1, -0.05) is 6.92 Å². The molecule has 1 spiro atoms. The van der Waals surface area contributed by atoms with Gasteiger partial charge in [0.2, 0.25) is 0 Å². The highest BCUT2D eigenvalue weighted by Crippen LogP contribution is 2.42. The second-order valence-electron chi connectivity index (χ2n) is 9.54. The molecule has 3 saturated heterocycles. The lowest BCUT2D eigenvalue weighted by molar-refractivity contribution is 0.0401. The second kappa shape index (κ2) is 9.15. The van der Waals surface area contributed by atoms with Crippen LogP contribution in [0.4, 0.5) is 0 Å².